The summed E-state index contributed by atoms with van der Waals surface area (Å²) in [5.41, 5.74) is 1.20. The van der Waals surface area contributed by atoms with Gasteiger partial charge in [0.1, 0.15) is 12.3 Å². The number of hydrogen-bond donors (Lipinski definition) is 3. The number of phenolic OH excluding ortho intramolecular Hbond substituents is 1. The lowest BCUT2D eigenvalue weighted by Gasteiger charge is -2.64. The average molecular weight is 521 g/mol. The van der Waals surface area contributed by atoms with Gasteiger partial charge in [0.15, 0.2) is 11.5 Å². The van der Waals surface area contributed by atoms with E-state index in [1.54, 1.807) is 11.0 Å². The standard InChI is InChI=1S/C31H40N2O5/c34-23-9-8-20-15-24-31(37)11-10-22(33-25(35)16-21(29(33)36)14-18-4-2-1-3-5-18)28-30(31,26(20)27(23)38-28)12-13-32(24)17-19-6-7-19/h8-9,14,18-19,22,24-25,28,34-35,37H,1-7,10-13,15-17H2/b21-14+/t22-,24-,25?,28+,30+,31-/m1/s1. The topological polar surface area (TPSA) is 93.5 Å². The van der Waals surface area contributed by atoms with E-state index < -0.39 is 23.3 Å². The average Bonchev–Trinajstić information content (AvgIpc) is 3.59. The lowest BCUT2D eigenvalue weighted by molar-refractivity contribution is -0.207. The first-order valence-corrected chi connectivity index (χ1v) is 15.1. The molecule has 3 N–H and O–H groups in total. The Labute approximate surface area is 224 Å². The van der Waals surface area contributed by atoms with Crippen LogP contribution in [0.2, 0.25) is 0 Å². The summed E-state index contributed by atoms with van der Waals surface area (Å²) in [6.45, 7) is 1.92. The van der Waals surface area contributed by atoms with Crippen LogP contribution in [0.4, 0.5) is 0 Å². The molecule has 6 atom stereocenters. The van der Waals surface area contributed by atoms with Crippen molar-refractivity contribution in [3.8, 4) is 11.5 Å². The summed E-state index contributed by atoms with van der Waals surface area (Å²) in [5, 5.41) is 34.8. The number of allylic oxidation sites excluding steroid dienone is 1. The summed E-state index contributed by atoms with van der Waals surface area (Å²) in [5.74, 6) is 1.69. The Bertz CT molecular complexity index is 1200. The van der Waals surface area contributed by atoms with Crippen LogP contribution in [-0.4, -0.2) is 74.1 Å². The van der Waals surface area contributed by atoms with Crippen LogP contribution in [0.5, 0.6) is 11.5 Å². The van der Waals surface area contributed by atoms with Crippen LogP contribution in [-0.2, 0) is 16.6 Å². The number of rotatable bonds is 4. The number of piperidine rings is 1. The second-order valence-electron chi connectivity index (χ2n) is 13.4. The van der Waals surface area contributed by atoms with E-state index in [0.717, 1.165) is 61.4 Å². The fourth-order valence-corrected chi connectivity index (χ4v) is 9.52. The smallest absolute Gasteiger partial charge is 0.252 e. The van der Waals surface area contributed by atoms with Gasteiger partial charge in [-0.1, -0.05) is 31.4 Å². The first-order chi connectivity index (χ1) is 18.4. The van der Waals surface area contributed by atoms with Gasteiger partial charge in [-0.3, -0.25) is 9.69 Å². The Hall–Kier alpha value is -2.09. The Balaban J connectivity index is 1.18. The molecule has 5 fully saturated rings. The molecule has 204 valence electrons. The largest absolute Gasteiger partial charge is 0.504 e. The predicted molar refractivity (Wildman–Crippen MR) is 141 cm³/mol. The van der Waals surface area contributed by atoms with Gasteiger partial charge >= 0.3 is 0 Å². The molecule has 0 radical (unpaired) electrons. The number of likely N-dealkylation sites (tertiary alicyclic amines) is 2. The summed E-state index contributed by atoms with van der Waals surface area (Å²) in [6, 6.07) is 3.40. The number of aromatic hydroxyl groups is 1. The van der Waals surface area contributed by atoms with Crippen molar-refractivity contribution < 1.29 is 24.9 Å². The van der Waals surface area contributed by atoms with Crippen molar-refractivity contribution in [2.75, 3.05) is 13.1 Å². The zero-order valence-corrected chi connectivity index (χ0v) is 22.1. The Morgan fingerprint density at radius 2 is 1.87 bits per heavy atom. The molecule has 1 unspecified atom stereocenters. The van der Waals surface area contributed by atoms with Gasteiger partial charge in [-0.2, -0.15) is 0 Å². The van der Waals surface area contributed by atoms with Gasteiger partial charge in [0.25, 0.3) is 5.91 Å². The van der Waals surface area contributed by atoms with Gasteiger partial charge in [0, 0.05) is 30.1 Å². The van der Waals surface area contributed by atoms with E-state index in [-0.39, 0.29) is 23.7 Å². The highest BCUT2D eigenvalue weighted by Crippen LogP contribution is 2.66. The van der Waals surface area contributed by atoms with E-state index in [1.807, 2.05) is 6.07 Å². The molecule has 38 heavy (non-hydrogen) atoms. The molecule has 3 saturated carbocycles. The molecule has 3 heterocycles. The number of aliphatic hydroxyl groups excluding tert-OH is 1. The predicted octanol–water partition coefficient (Wildman–Crippen LogP) is 3.38. The van der Waals surface area contributed by atoms with Crippen molar-refractivity contribution in [3.63, 3.8) is 0 Å². The molecule has 4 aliphatic carbocycles. The minimum Gasteiger partial charge on any atom is -0.504 e. The molecule has 1 spiro atoms. The van der Waals surface area contributed by atoms with Crippen LogP contribution < -0.4 is 4.74 Å². The van der Waals surface area contributed by atoms with E-state index in [4.69, 9.17) is 4.74 Å². The van der Waals surface area contributed by atoms with Crippen molar-refractivity contribution in [2.45, 2.75) is 112 Å². The van der Waals surface area contributed by atoms with Crippen LogP contribution in [0.25, 0.3) is 0 Å². The number of benzene rings is 1. The number of ether oxygens (including phenoxy) is 1. The van der Waals surface area contributed by atoms with Crippen molar-refractivity contribution in [1.82, 2.24) is 9.80 Å². The fraction of sp³-hybridized carbons (Fsp3) is 0.710. The van der Waals surface area contributed by atoms with Crippen molar-refractivity contribution in [2.24, 2.45) is 11.8 Å². The first-order valence-electron chi connectivity index (χ1n) is 15.1. The van der Waals surface area contributed by atoms with E-state index in [9.17, 15) is 20.1 Å². The lowest BCUT2D eigenvalue weighted by atomic mass is 9.48. The molecule has 7 heteroatoms. The van der Waals surface area contributed by atoms with Gasteiger partial charge in [0.05, 0.1) is 17.1 Å². The van der Waals surface area contributed by atoms with Crippen molar-refractivity contribution >= 4 is 5.91 Å². The molecular weight excluding hydrogens is 480 g/mol. The quantitative estimate of drug-likeness (QED) is 0.527. The van der Waals surface area contributed by atoms with E-state index in [0.29, 0.717) is 30.9 Å². The maximum Gasteiger partial charge on any atom is 0.252 e. The number of hydrogen-bond acceptors (Lipinski definition) is 6. The fourth-order valence-electron chi connectivity index (χ4n) is 9.52. The minimum absolute atomic E-state index is 0.00727. The number of phenols is 1. The molecule has 7 aliphatic rings. The second-order valence-corrected chi connectivity index (χ2v) is 13.4. The third-order valence-corrected chi connectivity index (χ3v) is 11.4. The van der Waals surface area contributed by atoms with Gasteiger partial charge in [-0.15, -0.1) is 0 Å². The minimum atomic E-state index is -0.984. The van der Waals surface area contributed by atoms with Crippen LogP contribution in [0, 0.1) is 11.8 Å². The maximum atomic E-state index is 13.8. The summed E-state index contributed by atoms with van der Waals surface area (Å²) in [4.78, 5) is 18.0. The molecule has 7 nitrogen and oxygen atoms in total. The Morgan fingerprint density at radius 1 is 1.05 bits per heavy atom. The summed E-state index contributed by atoms with van der Waals surface area (Å²) < 4.78 is 6.66. The first kappa shape index (κ1) is 23.8. The van der Waals surface area contributed by atoms with E-state index >= 15 is 0 Å². The number of aliphatic hydroxyl groups is 2. The number of nitrogens with zero attached hydrogens (tertiary/aromatic N) is 2. The van der Waals surface area contributed by atoms with Crippen LogP contribution in [0.15, 0.2) is 23.8 Å². The molecule has 1 amide bonds. The zero-order chi connectivity index (χ0) is 25.8. The molecule has 8 rings (SSSR count). The normalized spacial score (nSPS) is 41.5. The van der Waals surface area contributed by atoms with Gasteiger partial charge in [-0.25, -0.2) is 0 Å². The Kier molecular flexibility index (Phi) is 5.14. The number of carbonyl (C=O) groups excluding carboxylic acids is 1. The number of carbonyl (C=O) groups is 1. The Morgan fingerprint density at radius 3 is 2.66 bits per heavy atom. The highest BCUT2D eigenvalue weighted by molar-refractivity contribution is 5.96. The molecule has 0 aromatic heterocycles. The third kappa shape index (κ3) is 3.10. The SMILES string of the molecule is O=C1/C(=C/C2CCCCC2)CC(O)N1[C@@H]1CC[C@@]2(O)[C@H]3Cc4ccc(O)c5c4[C@@]2(CCN3CC2CC2)[C@H]1O5. The molecule has 1 aromatic rings. The molecule has 3 aliphatic heterocycles. The van der Waals surface area contributed by atoms with Gasteiger partial charge in [-0.05, 0) is 81.4 Å². The summed E-state index contributed by atoms with van der Waals surface area (Å²) in [6.07, 6.45) is 12.3. The van der Waals surface area contributed by atoms with Crippen molar-refractivity contribution in [1.29, 1.82) is 0 Å². The zero-order valence-electron chi connectivity index (χ0n) is 22.1. The van der Waals surface area contributed by atoms with E-state index in [1.165, 1.54) is 32.1 Å². The van der Waals surface area contributed by atoms with Crippen LogP contribution in [0.1, 0.15) is 81.8 Å². The van der Waals surface area contributed by atoms with Crippen LogP contribution >= 0.6 is 0 Å². The molecule has 2 bridgehead atoms. The highest BCUT2D eigenvalue weighted by Gasteiger charge is 2.74. The lowest BCUT2D eigenvalue weighted by Crippen LogP contribution is -2.78. The molecule has 1 aromatic carbocycles. The molecule has 2 saturated heterocycles. The van der Waals surface area contributed by atoms with Crippen molar-refractivity contribution in [3.05, 3.63) is 34.9 Å². The second kappa shape index (κ2) is 8.21. The highest BCUT2D eigenvalue weighted by atomic mass is 16.5. The maximum absolute atomic E-state index is 13.8. The summed E-state index contributed by atoms with van der Waals surface area (Å²) in [7, 11) is 0. The van der Waals surface area contributed by atoms with Crippen LogP contribution in [0.3, 0.4) is 0 Å². The monoisotopic (exact) mass is 520 g/mol. The third-order valence-electron chi connectivity index (χ3n) is 11.4. The number of amides is 1. The van der Waals surface area contributed by atoms with Gasteiger partial charge < -0.3 is 25.0 Å². The van der Waals surface area contributed by atoms with E-state index in [2.05, 4.69) is 11.0 Å². The summed E-state index contributed by atoms with van der Waals surface area (Å²) >= 11 is 0. The molecular formula is C31H40N2O5. The van der Waals surface area contributed by atoms with Gasteiger partial charge in [0.2, 0.25) is 0 Å².